The quantitative estimate of drug-likeness (QED) is 0.536. The number of rotatable bonds is 5. The summed E-state index contributed by atoms with van der Waals surface area (Å²) in [4.78, 5) is 21.5. The van der Waals surface area contributed by atoms with Crippen LogP contribution in [0.5, 0.6) is 0 Å². The molecule has 0 fully saturated rings. The molecule has 0 aliphatic rings. The van der Waals surface area contributed by atoms with Crippen molar-refractivity contribution in [1.29, 1.82) is 0 Å². The Labute approximate surface area is 174 Å². The Morgan fingerprint density at radius 2 is 1.90 bits per heavy atom. The van der Waals surface area contributed by atoms with Gasteiger partial charge in [-0.05, 0) is 54.4 Å². The van der Waals surface area contributed by atoms with Crippen LogP contribution in [-0.2, 0) is 16.4 Å². The Morgan fingerprint density at radius 1 is 1.07 bits per heavy atom. The van der Waals surface area contributed by atoms with Gasteiger partial charge in [-0.15, -0.1) is 0 Å². The third-order valence-corrected chi connectivity index (χ3v) is 5.81. The summed E-state index contributed by atoms with van der Waals surface area (Å²) >= 11 is 0. The number of nitrogens with zero attached hydrogens (tertiary/aromatic N) is 3. The summed E-state index contributed by atoms with van der Waals surface area (Å²) in [6.07, 6.45) is 8.24. The molecule has 152 valence electrons. The zero-order valence-corrected chi connectivity index (χ0v) is 17.3. The smallest absolute Gasteiger partial charge is 0.251 e. The van der Waals surface area contributed by atoms with Gasteiger partial charge < -0.3 is 9.72 Å². The Bertz CT molecular complexity index is 1340. The molecule has 0 aliphatic heterocycles. The van der Waals surface area contributed by atoms with Crippen molar-refractivity contribution in [1.82, 2.24) is 19.7 Å². The number of carbonyl (C=O) groups is 1. The molecule has 1 aromatic carbocycles. The summed E-state index contributed by atoms with van der Waals surface area (Å²) in [5, 5.41) is 2.85. The lowest BCUT2D eigenvalue weighted by molar-refractivity contribution is 0.0950. The topological polar surface area (TPSA) is 93.4 Å². The Hall–Kier alpha value is -3.52. The number of hydrogen-bond donors (Lipinski definition) is 1. The maximum absolute atomic E-state index is 12.8. The first-order valence-electron chi connectivity index (χ1n) is 9.27. The van der Waals surface area contributed by atoms with Crippen LogP contribution < -0.4 is 5.32 Å². The van der Waals surface area contributed by atoms with Crippen molar-refractivity contribution >= 4 is 21.4 Å². The van der Waals surface area contributed by atoms with E-state index in [1.165, 1.54) is 12.1 Å². The number of aryl methyl sites for hydroxylation is 1. The second-order valence-electron chi connectivity index (χ2n) is 7.15. The zero-order chi connectivity index (χ0) is 21.3. The standard InChI is InChI=1S/C22H20N4O3S/c1-15-3-4-20(24-13-15)17-10-18(12-19(11-17)30(2,28)29)22(27)25-14-16-5-7-26-8-6-23-21(26)9-16/h3-13H,14H2,1-2H3,(H,25,27). The van der Waals surface area contributed by atoms with E-state index in [1.807, 2.05) is 41.9 Å². The van der Waals surface area contributed by atoms with Gasteiger partial charge in [-0.2, -0.15) is 0 Å². The summed E-state index contributed by atoms with van der Waals surface area (Å²) in [5.74, 6) is -0.364. The largest absolute Gasteiger partial charge is 0.348 e. The number of hydrogen-bond acceptors (Lipinski definition) is 5. The number of imidazole rings is 1. The van der Waals surface area contributed by atoms with E-state index in [0.717, 1.165) is 23.0 Å². The van der Waals surface area contributed by atoms with Crippen LogP contribution in [0.15, 0.2) is 72.1 Å². The van der Waals surface area contributed by atoms with Crippen LogP contribution in [0.4, 0.5) is 0 Å². The third-order valence-electron chi connectivity index (χ3n) is 4.72. The lowest BCUT2D eigenvalue weighted by atomic mass is 10.1. The number of sulfone groups is 1. The van der Waals surface area contributed by atoms with E-state index in [4.69, 9.17) is 0 Å². The van der Waals surface area contributed by atoms with E-state index in [0.29, 0.717) is 17.8 Å². The number of aromatic nitrogens is 3. The van der Waals surface area contributed by atoms with Crippen molar-refractivity contribution in [2.24, 2.45) is 0 Å². The molecule has 0 radical (unpaired) electrons. The van der Waals surface area contributed by atoms with Gasteiger partial charge in [0.05, 0.1) is 10.6 Å². The lowest BCUT2D eigenvalue weighted by Gasteiger charge is -2.10. The Balaban J connectivity index is 1.63. The molecular weight excluding hydrogens is 400 g/mol. The summed E-state index contributed by atoms with van der Waals surface area (Å²) in [6, 6.07) is 12.0. The van der Waals surface area contributed by atoms with E-state index in [9.17, 15) is 13.2 Å². The van der Waals surface area contributed by atoms with Gasteiger partial charge >= 0.3 is 0 Å². The van der Waals surface area contributed by atoms with Crippen LogP contribution in [-0.4, -0.2) is 34.9 Å². The average Bonchev–Trinajstić information content (AvgIpc) is 3.19. The molecule has 1 N–H and O–H groups in total. The van der Waals surface area contributed by atoms with Crippen molar-refractivity contribution < 1.29 is 13.2 Å². The molecule has 30 heavy (non-hydrogen) atoms. The molecule has 0 atom stereocenters. The molecule has 7 nitrogen and oxygen atoms in total. The minimum absolute atomic E-state index is 0.0753. The maximum atomic E-state index is 12.8. The fourth-order valence-electron chi connectivity index (χ4n) is 3.08. The van der Waals surface area contributed by atoms with E-state index in [-0.39, 0.29) is 16.4 Å². The van der Waals surface area contributed by atoms with Gasteiger partial charge in [0.25, 0.3) is 5.91 Å². The molecule has 8 heteroatoms. The average molecular weight is 420 g/mol. The Morgan fingerprint density at radius 3 is 2.63 bits per heavy atom. The van der Waals surface area contributed by atoms with E-state index < -0.39 is 9.84 Å². The molecule has 0 unspecified atom stereocenters. The van der Waals surface area contributed by atoms with E-state index in [2.05, 4.69) is 15.3 Å². The molecule has 3 heterocycles. The highest BCUT2D eigenvalue weighted by Crippen LogP contribution is 2.24. The summed E-state index contributed by atoms with van der Waals surface area (Å²) in [6.45, 7) is 2.22. The van der Waals surface area contributed by atoms with Gasteiger partial charge in [0.15, 0.2) is 9.84 Å². The number of carbonyl (C=O) groups excluding carboxylic acids is 1. The molecule has 0 spiro atoms. The number of nitrogens with one attached hydrogen (secondary N) is 1. The van der Waals surface area contributed by atoms with E-state index >= 15 is 0 Å². The number of pyridine rings is 2. The molecular formula is C22H20N4O3S. The third kappa shape index (κ3) is 4.23. The highest BCUT2D eigenvalue weighted by molar-refractivity contribution is 7.90. The van der Waals surface area contributed by atoms with Gasteiger partial charge in [-0.3, -0.25) is 9.78 Å². The van der Waals surface area contributed by atoms with E-state index in [1.54, 1.807) is 24.5 Å². The van der Waals surface area contributed by atoms with Crippen LogP contribution >= 0.6 is 0 Å². The fraction of sp³-hybridized carbons (Fsp3) is 0.136. The molecule has 0 aliphatic carbocycles. The van der Waals surface area contributed by atoms with Gasteiger partial charge in [-0.1, -0.05) is 6.07 Å². The van der Waals surface area contributed by atoms with Crippen LogP contribution in [0.2, 0.25) is 0 Å². The van der Waals surface area contributed by atoms with Crippen LogP contribution in [0.3, 0.4) is 0 Å². The fourth-order valence-corrected chi connectivity index (χ4v) is 3.76. The summed E-state index contributed by atoms with van der Waals surface area (Å²) < 4.78 is 26.2. The highest BCUT2D eigenvalue weighted by Gasteiger charge is 2.16. The lowest BCUT2D eigenvalue weighted by Crippen LogP contribution is -2.23. The molecule has 1 amide bonds. The highest BCUT2D eigenvalue weighted by atomic mass is 32.2. The first-order valence-corrected chi connectivity index (χ1v) is 11.2. The van der Waals surface area contributed by atoms with Gasteiger partial charge in [0.1, 0.15) is 5.65 Å². The van der Waals surface area contributed by atoms with Gasteiger partial charge in [0, 0.05) is 48.7 Å². The summed E-state index contributed by atoms with van der Waals surface area (Å²) in [5.41, 5.74) is 4.10. The van der Waals surface area contributed by atoms with Crippen LogP contribution in [0, 0.1) is 6.92 Å². The van der Waals surface area contributed by atoms with Crippen molar-refractivity contribution in [3.63, 3.8) is 0 Å². The van der Waals surface area contributed by atoms with Gasteiger partial charge in [0.2, 0.25) is 0 Å². The minimum Gasteiger partial charge on any atom is -0.348 e. The first-order chi connectivity index (χ1) is 14.3. The minimum atomic E-state index is -3.50. The number of benzene rings is 1. The predicted molar refractivity (Wildman–Crippen MR) is 114 cm³/mol. The number of fused-ring (bicyclic) bond motifs is 1. The maximum Gasteiger partial charge on any atom is 0.251 e. The molecule has 3 aromatic heterocycles. The molecule has 0 saturated heterocycles. The second kappa shape index (κ2) is 7.72. The van der Waals surface area contributed by atoms with Crippen LogP contribution in [0.25, 0.3) is 16.9 Å². The molecule has 0 bridgehead atoms. The van der Waals surface area contributed by atoms with Crippen LogP contribution in [0.1, 0.15) is 21.5 Å². The summed E-state index contributed by atoms with van der Waals surface area (Å²) in [7, 11) is -3.50. The molecule has 4 aromatic rings. The van der Waals surface area contributed by atoms with Crippen molar-refractivity contribution in [2.45, 2.75) is 18.4 Å². The SMILES string of the molecule is Cc1ccc(-c2cc(C(=O)NCc3ccn4ccnc4c3)cc(S(C)(=O)=O)c2)nc1. The van der Waals surface area contributed by atoms with Gasteiger partial charge in [-0.25, -0.2) is 13.4 Å². The van der Waals surface area contributed by atoms with Crippen molar-refractivity contribution in [2.75, 3.05) is 6.26 Å². The number of amides is 1. The Kier molecular flexibility index (Phi) is 5.09. The second-order valence-corrected chi connectivity index (χ2v) is 9.17. The van der Waals surface area contributed by atoms with Crippen molar-refractivity contribution in [3.05, 3.63) is 83.9 Å². The molecule has 4 rings (SSSR count). The van der Waals surface area contributed by atoms with Crippen molar-refractivity contribution in [3.8, 4) is 11.3 Å². The first kappa shape index (κ1) is 19.8. The normalized spacial score (nSPS) is 11.5. The predicted octanol–water partition coefficient (Wildman–Crippen LogP) is 3.04. The molecule has 0 saturated carbocycles. The monoisotopic (exact) mass is 420 g/mol. The zero-order valence-electron chi connectivity index (χ0n) is 16.5.